The van der Waals surface area contributed by atoms with Gasteiger partial charge in [0.2, 0.25) is 5.78 Å². The van der Waals surface area contributed by atoms with E-state index in [4.69, 9.17) is 4.42 Å². The number of nitrogens with one attached hydrogen (secondary N) is 1. The largest absolute Gasteiger partial charge is 0.507 e. The summed E-state index contributed by atoms with van der Waals surface area (Å²) in [6.07, 6.45) is 3.85. The number of hydrogen-bond acceptors (Lipinski definition) is 5. The predicted molar refractivity (Wildman–Crippen MR) is 109 cm³/mol. The lowest BCUT2D eigenvalue weighted by molar-refractivity contribution is 0.103. The Kier molecular flexibility index (Phi) is 5.33. The molecule has 0 aliphatic carbocycles. The highest BCUT2D eigenvalue weighted by atomic mass is 16.3. The number of aromatic nitrogens is 3. The highest BCUT2D eigenvalue weighted by Crippen LogP contribution is 2.32. The quantitative estimate of drug-likeness (QED) is 0.275. The van der Waals surface area contributed by atoms with Crippen LogP contribution in [0.25, 0.3) is 17.1 Å². The fourth-order valence-corrected chi connectivity index (χ4v) is 3.07. The van der Waals surface area contributed by atoms with Crippen molar-refractivity contribution in [2.75, 3.05) is 0 Å². The molecule has 0 bridgehead atoms. The van der Waals surface area contributed by atoms with Crippen LogP contribution in [0.15, 0.2) is 83.6 Å². The molecule has 0 fully saturated rings. The molecule has 0 unspecified atom stereocenters. The van der Waals surface area contributed by atoms with Crippen LogP contribution < -0.4 is 0 Å². The summed E-state index contributed by atoms with van der Waals surface area (Å²) in [5.74, 6) is 0.666. The summed E-state index contributed by atoms with van der Waals surface area (Å²) in [4.78, 5) is 16.1. The third-order valence-electron chi connectivity index (χ3n) is 4.51. The van der Waals surface area contributed by atoms with Gasteiger partial charge < -0.3 is 9.52 Å². The molecule has 0 aliphatic heterocycles. The van der Waals surface area contributed by atoms with Crippen molar-refractivity contribution in [1.29, 1.82) is 0 Å². The van der Waals surface area contributed by atoms with Gasteiger partial charge in [0.1, 0.15) is 23.6 Å². The zero-order valence-corrected chi connectivity index (χ0v) is 15.6. The van der Waals surface area contributed by atoms with Gasteiger partial charge in [0.25, 0.3) is 0 Å². The topological polar surface area (TPSA) is 92.0 Å². The summed E-state index contributed by atoms with van der Waals surface area (Å²) < 4.78 is 6.07. The van der Waals surface area contributed by atoms with E-state index >= 15 is 0 Å². The second-order valence-corrected chi connectivity index (χ2v) is 6.54. The molecule has 0 radical (unpaired) electrons. The molecule has 0 atom stereocenters. The number of allylic oxidation sites excluding steroid dienone is 1. The monoisotopic (exact) mass is 385 g/mol. The molecule has 2 N–H and O–H groups in total. The first kappa shape index (κ1) is 18.4. The number of ketones is 1. The minimum atomic E-state index is -0.467. The minimum Gasteiger partial charge on any atom is -0.507 e. The number of carbonyl (C=O) groups excluding carboxylic acids is 1. The number of hydrogen-bond donors (Lipinski definition) is 2. The Hall–Kier alpha value is -3.93. The van der Waals surface area contributed by atoms with E-state index in [1.165, 1.54) is 11.9 Å². The van der Waals surface area contributed by atoms with E-state index in [1.807, 2.05) is 48.5 Å². The van der Waals surface area contributed by atoms with Gasteiger partial charge in [-0.05, 0) is 18.1 Å². The first-order valence-electron chi connectivity index (χ1n) is 9.23. The second-order valence-electron chi connectivity index (χ2n) is 6.54. The number of aryl methyl sites for hydroxylation is 2. The number of aromatic amines is 1. The number of rotatable bonds is 7. The fraction of sp³-hybridized carbons (Fsp3) is 0.0870. The lowest BCUT2D eigenvalue weighted by Crippen LogP contribution is -1.99. The van der Waals surface area contributed by atoms with E-state index < -0.39 is 5.78 Å². The predicted octanol–water partition coefficient (Wildman–Crippen LogP) is 4.63. The maximum absolute atomic E-state index is 12.3. The van der Waals surface area contributed by atoms with Gasteiger partial charge in [0, 0.05) is 18.1 Å². The maximum atomic E-state index is 12.3. The van der Waals surface area contributed by atoms with Crippen molar-refractivity contribution in [1.82, 2.24) is 15.2 Å². The van der Waals surface area contributed by atoms with E-state index in [0.717, 1.165) is 23.8 Å². The summed E-state index contributed by atoms with van der Waals surface area (Å²) in [5, 5.41) is 16.8. The summed E-state index contributed by atoms with van der Waals surface area (Å²) in [5.41, 5.74) is 2.49. The van der Waals surface area contributed by atoms with E-state index in [2.05, 4.69) is 27.3 Å². The Morgan fingerprint density at radius 3 is 2.45 bits per heavy atom. The first-order valence-corrected chi connectivity index (χ1v) is 9.23. The van der Waals surface area contributed by atoms with Crippen LogP contribution in [0.4, 0.5) is 0 Å². The fourth-order valence-electron chi connectivity index (χ4n) is 3.07. The van der Waals surface area contributed by atoms with Crippen LogP contribution in [0.1, 0.15) is 27.5 Å². The zero-order chi connectivity index (χ0) is 20.1. The zero-order valence-electron chi connectivity index (χ0n) is 15.6. The number of aliphatic hydroxyl groups is 1. The molecule has 0 amide bonds. The number of aliphatic hydroxyl groups excluding tert-OH is 1. The molecule has 0 saturated heterocycles. The van der Waals surface area contributed by atoms with Gasteiger partial charge in [-0.15, -0.1) is 0 Å². The van der Waals surface area contributed by atoms with Gasteiger partial charge in [0.05, 0.1) is 5.56 Å². The van der Waals surface area contributed by atoms with Crippen LogP contribution in [0.3, 0.4) is 0 Å². The molecule has 2 aromatic heterocycles. The second kappa shape index (κ2) is 8.39. The Morgan fingerprint density at radius 1 is 1.03 bits per heavy atom. The lowest BCUT2D eigenvalue weighted by Gasteiger charge is -2.02. The number of H-pyrrole nitrogens is 1. The minimum absolute atomic E-state index is 0.0607. The normalized spacial score (nSPS) is 11.5. The molecular formula is C23H19N3O3. The molecule has 6 heteroatoms. The Bertz CT molecular complexity index is 1110. The van der Waals surface area contributed by atoms with Crippen LogP contribution in [0.5, 0.6) is 0 Å². The summed E-state index contributed by atoms with van der Waals surface area (Å²) >= 11 is 0. The van der Waals surface area contributed by atoms with Crippen molar-refractivity contribution in [3.05, 3.63) is 102 Å². The Morgan fingerprint density at radius 2 is 1.76 bits per heavy atom. The summed E-state index contributed by atoms with van der Waals surface area (Å²) in [7, 11) is 0. The molecular weight excluding hydrogens is 366 g/mol. The molecule has 2 aromatic carbocycles. The van der Waals surface area contributed by atoms with Crippen molar-refractivity contribution < 1.29 is 14.3 Å². The molecule has 0 saturated carbocycles. The van der Waals surface area contributed by atoms with Gasteiger partial charge in [-0.25, -0.2) is 4.98 Å². The van der Waals surface area contributed by atoms with E-state index in [9.17, 15) is 9.90 Å². The van der Waals surface area contributed by atoms with Crippen LogP contribution in [-0.4, -0.2) is 26.1 Å². The average molecular weight is 385 g/mol. The summed E-state index contributed by atoms with van der Waals surface area (Å²) in [6, 6.07) is 21.4. The van der Waals surface area contributed by atoms with Crippen molar-refractivity contribution >= 4 is 11.5 Å². The van der Waals surface area contributed by atoms with Crippen LogP contribution in [0, 0.1) is 0 Å². The molecule has 6 nitrogen and oxygen atoms in total. The SMILES string of the molecule is O=C(C=C(O)c1cc(CCc2ccccc2)oc1-c1ccccc1)c1ncn[nH]1. The van der Waals surface area contributed by atoms with Gasteiger partial charge in [-0.1, -0.05) is 60.7 Å². The lowest BCUT2D eigenvalue weighted by atomic mass is 10.1. The molecule has 0 aliphatic rings. The first-order chi connectivity index (χ1) is 14.2. The van der Waals surface area contributed by atoms with Crippen LogP contribution >= 0.6 is 0 Å². The molecule has 4 aromatic rings. The molecule has 29 heavy (non-hydrogen) atoms. The summed E-state index contributed by atoms with van der Waals surface area (Å²) in [6.45, 7) is 0. The van der Waals surface area contributed by atoms with Crippen molar-refractivity contribution in [3.8, 4) is 11.3 Å². The highest BCUT2D eigenvalue weighted by molar-refractivity contribution is 6.05. The van der Waals surface area contributed by atoms with E-state index in [-0.39, 0.29) is 11.6 Å². The molecule has 144 valence electrons. The van der Waals surface area contributed by atoms with Gasteiger partial charge in [-0.2, -0.15) is 5.10 Å². The van der Waals surface area contributed by atoms with Gasteiger partial charge >= 0.3 is 0 Å². The number of benzene rings is 2. The van der Waals surface area contributed by atoms with Crippen LogP contribution in [0.2, 0.25) is 0 Å². The number of carbonyl (C=O) groups is 1. The van der Waals surface area contributed by atoms with Gasteiger partial charge in [0.15, 0.2) is 5.82 Å². The molecule has 0 spiro atoms. The molecule has 4 rings (SSSR count). The van der Waals surface area contributed by atoms with Crippen molar-refractivity contribution in [2.45, 2.75) is 12.8 Å². The van der Waals surface area contributed by atoms with Crippen LogP contribution in [-0.2, 0) is 12.8 Å². The van der Waals surface area contributed by atoms with E-state index in [0.29, 0.717) is 17.7 Å². The van der Waals surface area contributed by atoms with Crippen molar-refractivity contribution in [3.63, 3.8) is 0 Å². The standard InChI is InChI=1S/C23H19N3O3/c27-20(14-21(28)23-24-15-25-26-23)19-13-18(12-11-16-7-3-1-4-8-16)29-22(19)17-9-5-2-6-10-17/h1-10,13-15,27H,11-12H2,(H,24,25,26). The number of furan rings is 1. The average Bonchev–Trinajstić information content (AvgIpc) is 3.44. The van der Waals surface area contributed by atoms with E-state index in [1.54, 1.807) is 6.07 Å². The third-order valence-corrected chi connectivity index (χ3v) is 4.51. The number of nitrogens with zero attached hydrogens (tertiary/aromatic N) is 2. The Labute approximate surface area is 167 Å². The Balaban J connectivity index is 1.65. The van der Waals surface area contributed by atoms with Crippen molar-refractivity contribution in [2.24, 2.45) is 0 Å². The maximum Gasteiger partial charge on any atom is 0.226 e. The third kappa shape index (κ3) is 4.32. The highest BCUT2D eigenvalue weighted by Gasteiger charge is 2.18. The smallest absolute Gasteiger partial charge is 0.226 e. The van der Waals surface area contributed by atoms with Gasteiger partial charge in [-0.3, -0.25) is 9.89 Å². The molecule has 2 heterocycles.